The summed E-state index contributed by atoms with van der Waals surface area (Å²) in [6.45, 7) is 3.42. The lowest BCUT2D eigenvalue weighted by atomic mass is 10.0. The van der Waals surface area contributed by atoms with Gasteiger partial charge in [0, 0.05) is 5.02 Å². The minimum Gasteiger partial charge on any atom is -0.345 e. The Bertz CT molecular complexity index is 430. The molecule has 17 heavy (non-hydrogen) atoms. The van der Waals surface area contributed by atoms with Crippen LogP contribution in [0.2, 0.25) is 5.02 Å². The van der Waals surface area contributed by atoms with E-state index in [0.717, 1.165) is 18.4 Å². The number of nitrogens with two attached hydrogens (primary N) is 1. The van der Waals surface area contributed by atoms with E-state index in [-0.39, 0.29) is 11.4 Å². The lowest BCUT2D eigenvalue weighted by Crippen LogP contribution is -2.52. The lowest BCUT2D eigenvalue weighted by molar-refractivity contribution is -0.126. The molecule has 0 saturated heterocycles. The van der Waals surface area contributed by atoms with Crippen LogP contribution in [0.3, 0.4) is 0 Å². The van der Waals surface area contributed by atoms with E-state index < -0.39 is 5.54 Å². The number of benzene rings is 1. The SMILES string of the molecule is CC(C)(N)C(=O)NC1(c2ccc(Cl)cc2)CC1. The number of hydrogen-bond donors (Lipinski definition) is 2. The number of amides is 1. The Morgan fingerprint density at radius 1 is 1.35 bits per heavy atom. The van der Waals surface area contributed by atoms with Crippen molar-refractivity contribution in [3.63, 3.8) is 0 Å². The van der Waals surface area contributed by atoms with Crippen molar-refractivity contribution in [3.05, 3.63) is 34.9 Å². The zero-order chi connectivity index (χ0) is 12.7. The average Bonchev–Trinajstić information content (AvgIpc) is 2.98. The van der Waals surface area contributed by atoms with E-state index in [2.05, 4.69) is 5.32 Å². The molecule has 0 unspecified atom stereocenters. The lowest BCUT2D eigenvalue weighted by Gasteiger charge is -2.24. The van der Waals surface area contributed by atoms with Gasteiger partial charge in [-0.1, -0.05) is 23.7 Å². The molecule has 1 fully saturated rings. The topological polar surface area (TPSA) is 55.1 Å². The molecule has 1 amide bonds. The summed E-state index contributed by atoms with van der Waals surface area (Å²) in [7, 11) is 0. The first-order chi connectivity index (χ1) is 7.83. The molecule has 1 aliphatic rings. The normalized spacial score (nSPS) is 17.6. The number of rotatable bonds is 3. The minimum absolute atomic E-state index is 0.120. The van der Waals surface area contributed by atoms with Gasteiger partial charge >= 0.3 is 0 Å². The second-order valence-corrected chi connectivity index (χ2v) is 5.70. The van der Waals surface area contributed by atoms with Crippen molar-refractivity contribution >= 4 is 17.5 Å². The van der Waals surface area contributed by atoms with Gasteiger partial charge in [-0.25, -0.2) is 0 Å². The van der Waals surface area contributed by atoms with Crippen LogP contribution < -0.4 is 11.1 Å². The van der Waals surface area contributed by atoms with E-state index >= 15 is 0 Å². The van der Waals surface area contributed by atoms with Gasteiger partial charge in [-0.3, -0.25) is 4.79 Å². The first-order valence-corrected chi connectivity index (χ1v) is 6.09. The van der Waals surface area contributed by atoms with E-state index in [1.807, 2.05) is 24.3 Å². The Balaban J connectivity index is 2.15. The van der Waals surface area contributed by atoms with Crippen molar-refractivity contribution in [1.82, 2.24) is 5.32 Å². The standard InChI is InChI=1S/C13H17ClN2O/c1-12(2,15)11(17)16-13(7-8-13)9-3-5-10(14)6-4-9/h3-6H,7-8,15H2,1-2H3,(H,16,17). The summed E-state index contributed by atoms with van der Waals surface area (Å²) in [5.41, 5.74) is 5.81. The summed E-state index contributed by atoms with van der Waals surface area (Å²) >= 11 is 5.85. The maximum Gasteiger partial charge on any atom is 0.240 e. The number of nitrogens with one attached hydrogen (secondary N) is 1. The van der Waals surface area contributed by atoms with Gasteiger partial charge in [0.05, 0.1) is 11.1 Å². The molecular formula is C13H17ClN2O. The van der Waals surface area contributed by atoms with Gasteiger partial charge in [0.2, 0.25) is 5.91 Å². The predicted octanol–water partition coefficient (Wildman–Crippen LogP) is 2.18. The molecule has 92 valence electrons. The third-order valence-electron chi connectivity index (χ3n) is 3.08. The Kier molecular flexibility index (Phi) is 2.92. The molecule has 3 nitrogen and oxygen atoms in total. The quantitative estimate of drug-likeness (QED) is 0.866. The summed E-state index contributed by atoms with van der Waals surface area (Å²) < 4.78 is 0. The van der Waals surface area contributed by atoms with Crippen LogP contribution in [0.15, 0.2) is 24.3 Å². The highest BCUT2D eigenvalue weighted by molar-refractivity contribution is 6.30. The van der Waals surface area contributed by atoms with Crippen molar-refractivity contribution in [2.45, 2.75) is 37.8 Å². The number of carbonyl (C=O) groups is 1. The Morgan fingerprint density at radius 3 is 2.29 bits per heavy atom. The van der Waals surface area contributed by atoms with Crippen LogP contribution in [-0.2, 0) is 10.3 Å². The van der Waals surface area contributed by atoms with Gasteiger partial charge in [0.1, 0.15) is 0 Å². The van der Waals surface area contributed by atoms with Crippen LogP contribution in [0.25, 0.3) is 0 Å². The fourth-order valence-electron chi connectivity index (χ4n) is 1.76. The van der Waals surface area contributed by atoms with Crippen LogP contribution in [-0.4, -0.2) is 11.4 Å². The highest BCUT2D eigenvalue weighted by atomic mass is 35.5. The van der Waals surface area contributed by atoms with E-state index in [1.54, 1.807) is 13.8 Å². The molecule has 1 saturated carbocycles. The molecule has 1 aromatic rings. The van der Waals surface area contributed by atoms with Gasteiger partial charge in [0.15, 0.2) is 0 Å². The zero-order valence-electron chi connectivity index (χ0n) is 10.1. The maximum atomic E-state index is 11.9. The van der Waals surface area contributed by atoms with Crippen LogP contribution in [0.4, 0.5) is 0 Å². The highest BCUT2D eigenvalue weighted by Crippen LogP contribution is 2.45. The van der Waals surface area contributed by atoms with E-state index in [4.69, 9.17) is 17.3 Å². The Labute approximate surface area is 106 Å². The molecule has 0 aromatic heterocycles. The van der Waals surface area contributed by atoms with Gasteiger partial charge < -0.3 is 11.1 Å². The van der Waals surface area contributed by atoms with Crippen molar-refractivity contribution in [2.24, 2.45) is 5.73 Å². The molecule has 0 heterocycles. The van der Waals surface area contributed by atoms with Crippen LogP contribution in [0.1, 0.15) is 32.3 Å². The Hall–Kier alpha value is -1.06. The van der Waals surface area contributed by atoms with Crippen molar-refractivity contribution in [1.29, 1.82) is 0 Å². The molecule has 0 radical (unpaired) electrons. The summed E-state index contributed by atoms with van der Waals surface area (Å²) in [5, 5.41) is 3.74. The maximum absolute atomic E-state index is 11.9. The summed E-state index contributed by atoms with van der Waals surface area (Å²) in [4.78, 5) is 11.9. The van der Waals surface area contributed by atoms with E-state index in [9.17, 15) is 4.79 Å². The molecule has 1 aromatic carbocycles. The Morgan fingerprint density at radius 2 is 1.88 bits per heavy atom. The summed E-state index contributed by atoms with van der Waals surface area (Å²) in [5.74, 6) is -0.120. The molecule has 0 aliphatic heterocycles. The van der Waals surface area contributed by atoms with Crippen molar-refractivity contribution < 1.29 is 4.79 Å². The van der Waals surface area contributed by atoms with Gasteiger partial charge in [-0.05, 0) is 44.4 Å². The summed E-state index contributed by atoms with van der Waals surface area (Å²) in [6.07, 6.45) is 1.91. The fraction of sp³-hybridized carbons (Fsp3) is 0.462. The molecule has 0 bridgehead atoms. The molecule has 0 spiro atoms. The predicted molar refractivity (Wildman–Crippen MR) is 68.8 cm³/mol. The molecule has 0 atom stereocenters. The van der Waals surface area contributed by atoms with Crippen LogP contribution in [0.5, 0.6) is 0 Å². The van der Waals surface area contributed by atoms with Crippen LogP contribution in [0, 0.1) is 0 Å². The zero-order valence-corrected chi connectivity index (χ0v) is 10.8. The molecular weight excluding hydrogens is 236 g/mol. The highest BCUT2D eigenvalue weighted by Gasteiger charge is 2.47. The van der Waals surface area contributed by atoms with Gasteiger partial charge in [-0.2, -0.15) is 0 Å². The largest absolute Gasteiger partial charge is 0.345 e. The third-order valence-corrected chi connectivity index (χ3v) is 3.34. The number of halogens is 1. The van der Waals surface area contributed by atoms with Crippen molar-refractivity contribution in [3.8, 4) is 0 Å². The van der Waals surface area contributed by atoms with E-state index in [0.29, 0.717) is 5.02 Å². The second kappa shape index (κ2) is 4.00. The molecule has 1 aliphatic carbocycles. The minimum atomic E-state index is -0.845. The van der Waals surface area contributed by atoms with Gasteiger partial charge in [0.25, 0.3) is 0 Å². The number of hydrogen-bond acceptors (Lipinski definition) is 2. The van der Waals surface area contributed by atoms with Crippen molar-refractivity contribution in [2.75, 3.05) is 0 Å². The van der Waals surface area contributed by atoms with Gasteiger partial charge in [-0.15, -0.1) is 0 Å². The monoisotopic (exact) mass is 252 g/mol. The first-order valence-electron chi connectivity index (χ1n) is 5.71. The second-order valence-electron chi connectivity index (χ2n) is 5.26. The van der Waals surface area contributed by atoms with E-state index in [1.165, 1.54) is 0 Å². The average molecular weight is 253 g/mol. The smallest absolute Gasteiger partial charge is 0.240 e. The summed E-state index contributed by atoms with van der Waals surface area (Å²) in [6, 6.07) is 7.60. The first kappa shape index (κ1) is 12.4. The fourth-order valence-corrected chi connectivity index (χ4v) is 1.88. The molecule has 2 rings (SSSR count). The number of carbonyl (C=O) groups excluding carboxylic acids is 1. The third kappa shape index (κ3) is 2.61. The molecule has 4 heteroatoms. The molecule has 3 N–H and O–H groups in total. The van der Waals surface area contributed by atoms with Crippen LogP contribution >= 0.6 is 11.6 Å².